The average Bonchev–Trinajstić information content (AvgIpc) is 3.29. The third kappa shape index (κ3) is 3.62. The van der Waals surface area contributed by atoms with Crippen LogP contribution in [0.15, 0.2) is 46.8 Å². The van der Waals surface area contributed by atoms with E-state index in [1.807, 2.05) is 30.5 Å². The number of carbonyl (C=O) groups excluding carboxylic acids is 1. The van der Waals surface area contributed by atoms with Crippen molar-refractivity contribution in [1.29, 1.82) is 0 Å². The summed E-state index contributed by atoms with van der Waals surface area (Å²) in [4.78, 5) is 17.6. The second kappa shape index (κ2) is 7.27. The number of hydrogen-bond donors (Lipinski definition) is 1. The van der Waals surface area contributed by atoms with Crippen LogP contribution in [0.4, 0.5) is 0 Å². The van der Waals surface area contributed by atoms with Gasteiger partial charge in [0.2, 0.25) is 5.91 Å². The van der Waals surface area contributed by atoms with E-state index in [2.05, 4.69) is 4.98 Å². The molecule has 2 aromatic heterocycles. The molecule has 142 valence electrons. The van der Waals surface area contributed by atoms with Crippen LogP contribution in [0.5, 0.6) is 0 Å². The molecular formula is C18H18ClN3O3S2. The minimum absolute atomic E-state index is 0.0102. The van der Waals surface area contributed by atoms with Gasteiger partial charge in [0.15, 0.2) is 0 Å². The summed E-state index contributed by atoms with van der Waals surface area (Å²) >= 11 is 6.91. The number of thiophene rings is 1. The number of carbonyl (C=O) groups is 1. The predicted octanol–water partition coefficient (Wildman–Crippen LogP) is 2.96. The van der Waals surface area contributed by atoms with E-state index in [4.69, 9.17) is 11.6 Å². The minimum Gasteiger partial charge on any atom is -0.361 e. The lowest BCUT2D eigenvalue weighted by Crippen LogP contribution is -2.50. The van der Waals surface area contributed by atoms with Crippen molar-refractivity contribution < 1.29 is 13.2 Å². The Labute approximate surface area is 166 Å². The van der Waals surface area contributed by atoms with E-state index < -0.39 is 10.0 Å². The maximum Gasteiger partial charge on any atom is 0.252 e. The highest BCUT2D eigenvalue weighted by Crippen LogP contribution is 2.28. The van der Waals surface area contributed by atoms with Crippen LogP contribution < -0.4 is 0 Å². The molecule has 1 saturated heterocycles. The molecule has 1 aromatic carbocycles. The molecule has 0 spiro atoms. The summed E-state index contributed by atoms with van der Waals surface area (Å²) in [6, 6.07) is 11.0. The Morgan fingerprint density at radius 2 is 1.85 bits per heavy atom. The predicted molar refractivity (Wildman–Crippen MR) is 107 cm³/mol. The highest BCUT2D eigenvalue weighted by atomic mass is 35.5. The Hall–Kier alpha value is -1.87. The van der Waals surface area contributed by atoms with Gasteiger partial charge in [-0.1, -0.05) is 29.8 Å². The molecular weight excluding hydrogens is 406 g/mol. The number of piperazine rings is 1. The number of aromatic amines is 1. The summed E-state index contributed by atoms with van der Waals surface area (Å²) < 4.78 is 27.4. The van der Waals surface area contributed by atoms with Gasteiger partial charge in [-0.3, -0.25) is 4.79 Å². The van der Waals surface area contributed by atoms with Gasteiger partial charge >= 0.3 is 0 Å². The van der Waals surface area contributed by atoms with Crippen molar-refractivity contribution in [3.8, 4) is 0 Å². The van der Waals surface area contributed by atoms with E-state index in [9.17, 15) is 13.2 Å². The molecule has 0 unspecified atom stereocenters. The largest absolute Gasteiger partial charge is 0.361 e. The van der Waals surface area contributed by atoms with Gasteiger partial charge in [0.25, 0.3) is 10.0 Å². The molecule has 6 nitrogen and oxygen atoms in total. The second-order valence-corrected chi connectivity index (χ2v) is 10.3. The minimum atomic E-state index is -3.54. The molecule has 0 saturated carbocycles. The van der Waals surface area contributed by atoms with Crippen LogP contribution in [-0.4, -0.2) is 54.7 Å². The Balaban J connectivity index is 1.41. The molecule has 4 rings (SSSR count). The zero-order valence-electron chi connectivity index (χ0n) is 14.4. The zero-order chi connectivity index (χ0) is 19.0. The first-order valence-corrected chi connectivity index (χ1v) is 11.2. The number of amides is 1. The molecule has 1 fully saturated rings. The fraction of sp³-hybridized carbons (Fsp3) is 0.278. The second-order valence-electron chi connectivity index (χ2n) is 6.38. The SMILES string of the molecule is O=C(Cc1c[nH]c2ccccc12)N1CCN(S(=O)(=O)c2ccc(Cl)s2)CC1. The number of halogens is 1. The van der Waals surface area contributed by atoms with E-state index in [1.165, 1.54) is 10.4 Å². The molecule has 0 atom stereocenters. The molecule has 1 aliphatic heterocycles. The number of fused-ring (bicyclic) bond motifs is 1. The molecule has 1 N–H and O–H groups in total. The fourth-order valence-corrected chi connectivity index (χ4v) is 6.35. The molecule has 0 radical (unpaired) electrons. The van der Waals surface area contributed by atoms with E-state index >= 15 is 0 Å². The molecule has 0 bridgehead atoms. The number of nitrogens with one attached hydrogen (secondary N) is 1. The zero-order valence-corrected chi connectivity index (χ0v) is 16.8. The highest BCUT2D eigenvalue weighted by Gasteiger charge is 2.31. The van der Waals surface area contributed by atoms with Crippen LogP contribution in [0.25, 0.3) is 10.9 Å². The molecule has 9 heteroatoms. The first-order chi connectivity index (χ1) is 12.9. The summed E-state index contributed by atoms with van der Waals surface area (Å²) in [6.45, 7) is 1.36. The van der Waals surface area contributed by atoms with Gasteiger partial charge in [-0.25, -0.2) is 8.42 Å². The number of nitrogens with zero attached hydrogens (tertiary/aromatic N) is 2. The Kier molecular flexibility index (Phi) is 4.98. The molecule has 1 amide bonds. The standard InChI is InChI=1S/C18H18ClN3O3S2/c19-16-5-6-18(26-16)27(24,25)22-9-7-21(8-10-22)17(23)11-13-12-20-15-4-2-1-3-14(13)15/h1-6,12,20H,7-11H2. The lowest BCUT2D eigenvalue weighted by atomic mass is 10.1. The van der Waals surface area contributed by atoms with Crippen molar-refractivity contribution in [2.45, 2.75) is 10.6 Å². The number of hydrogen-bond acceptors (Lipinski definition) is 4. The molecule has 27 heavy (non-hydrogen) atoms. The lowest BCUT2D eigenvalue weighted by Gasteiger charge is -2.33. The number of sulfonamides is 1. The van der Waals surface area contributed by atoms with Gasteiger partial charge in [-0.2, -0.15) is 4.31 Å². The van der Waals surface area contributed by atoms with Crippen molar-refractivity contribution in [1.82, 2.24) is 14.2 Å². The van der Waals surface area contributed by atoms with E-state index in [-0.39, 0.29) is 23.2 Å². The summed E-state index contributed by atoms with van der Waals surface area (Å²) in [5.41, 5.74) is 1.96. The van der Waals surface area contributed by atoms with Crippen LogP contribution in [0.1, 0.15) is 5.56 Å². The third-order valence-corrected chi connectivity index (χ3v) is 8.35. The summed E-state index contributed by atoms with van der Waals surface area (Å²) in [5.74, 6) is 0.0102. The van der Waals surface area contributed by atoms with E-state index in [0.717, 1.165) is 27.8 Å². The first kappa shape index (κ1) is 18.5. The monoisotopic (exact) mass is 423 g/mol. The van der Waals surface area contributed by atoms with Gasteiger partial charge < -0.3 is 9.88 Å². The van der Waals surface area contributed by atoms with Crippen molar-refractivity contribution in [3.05, 3.63) is 52.5 Å². The van der Waals surface area contributed by atoms with Gasteiger partial charge in [-0.05, 0) is 23.8 Å². The van der Waals surface area contributed by atoms with Gasteiger partial charge in [0.05, 0.1) is 10.8 Å². The van der Waals surface area contributed by atoms with Crippen LogP contribution in [0.3, 0.4) is 0 Å². The molecule has 3 aromatic rings. The summed E-state index contributed by atoms with van der Waals surface area (Å²) in [7, 11) is -3.54. The Morgan fingerprint density at radius 1 is 1.11 bits per heavy atom. The van der Waals surface area contributed by atoms with Crippen LogP contribution in [-0.2, 0) is 21.2 Å². The molecule has 1 aliphatic rings. The molecule has 3 heterocycles. The van der Waals surface area contributed by atoms with Crippen molar-refractivity contribution in [3.63, 3.8) is 0 Å². The van der Waals surface area contributed by atoms with Crippen LogP contribution in [0, 0.1) is 0 Å². The fourth-order valence-electron chi connectivity index (χ4n) is 3.29. The summed E-state index contributed by atoms with van der Waals surface area (Å²) in [5, 5.41) is 1.04. The number of H-pyrrole nitrogens is 1. The van der Waals surface area contributed by atoms with Crippen molar-refractivity contribution in [2.24, 2.45) is 0 Å². The van der Waals surface area contributed by atoms with Gasteiger partial charge in [0, 0.05) is 43.3 Å². The lowest BCUT2D eigenvalue weighted by molar-refractivity contribution is -0.131. The Bertz CT molecular complexity index is 1080. The average molecular weight is 424 g/mol. The van der Waals surface area contributed by atoms with Crippen LogP contribution in [0.2, 0.25) is 4.34 Å². The number of benzene rings is 1. The van der Waals surface area contributed by atoms with Gasteiger partial charge in [0.1, 0.15) is 4.21 Å². The third-order valence-electron chi connectivity index (χ3n) is 4.75. The number of para-hydroxylation sites is 1. The topological polar surface area (TPSA) is 73.5 Å². The number of aromatic nitrogens is 1. The van der Waals surface area contributed by atoms with E-state index in [1.54, 1.807) is 11.0 Å². The van der Waals surface area contributed by atoms with Crippen molar-refractivity contribution >= 4 is 49.8 Å². The van der Waals surface area contributed by atoms with E-state index in [0.29, 0.717) is 23.8 Å². The normalized spacial score (nSPS) is 16.1. The van der Waals surface area contributed by atoms with Gasteiger partial charge in [-0.15, -0.1) is 11.3 Å². The maximum absolute atomic E-state index is 12.7. The smallest absolute Gasteiger partial charge is 0.252 e. The quantitative estimate of drug-likeness (QED) is 0.701. The summed E-state index contributed by atoms with van der Waals surface area (Å²) in [6.07, 6.45) is 2.17. The van der Waals surface area contributed by atoms with Crippen molar-refractivity contribution in [2.75, 3.05) is 26.2 Å². The Morgan fingerprint density at radius 3 is 2.56 bits per heavy atom. The first-order valence-electron chi connectivity index (χ1n) is 8.53. The molecule has 0 aliphatic carbocycles. The van der Waals surface area contributed by atoms with Crippen LogP contribution >= 0.6 is 22.9 Å². The number of rotatable bonds is 4. The highest BCUT2D eigenvalue weighted by molar-refractivity contribution is 7.91. The maximum atomic E-state index is 12.7.